The minimum absolute atomic E-state index is 0.0197. The van der Waals surface area contributed by atoms with E-state index in [1.165, 1.54) is 36.6 Å². The average Bonchev–Trinajstić information content (AvgIpc) is 3.28. The quantitative estimate of drug-likeness (QED) is 0.286. The van der Waals surface area contributed by atoms with Crippen LogP contribution in [0.4, 0.5) is 5.69 Å². The smallest absolute Gasteiger partial charge is 0.270 e. The molecule has 1 N–H and O–H groups in total. The molecule has 166 valence electrons. The lowest BCUT2D eigenvalue weighted by molar-refractivity contribution is -0.384. The van der Waals surface area contributed by atoms with Crippen molar-refractivity contribution in [2.45, 2.75) is 11.4 Å². The molecule has 0 saturated carbocycles. The number of halogens is 1. The summed E-state index contributed by atoms with van der Waals surface area (Å²) in [7, 11) is -4.01. The Labute approximate surface area is 188 Å². The second kappa shape index (κ2) is 10.2. The van der Waals surface area contributed by atoms with Crippen LogP contribution in [0.2, 0.25) is 5.02 Å². The molecule has 0 spiro atoms. The second-order valence-electron chi connectivity index (χ2n) is 6.42. The lowest BCUT2D eigenvalue weighted by Gasteiger charge is -2.20. The molecule has 0 radical (unpaired) electrons. The number of carbonyl (C=O) groups excluding carboxylic acids is 1. The van der Waals surface area contributed by atoms with Gasteiger partial charge in [0.1, 0.15) is 5.76 Å². The van der Waals surface area contributed by atoms with Crippen LogP contribution in [0.5, 0.6) is 0 Å². The Bertz CT molecular complexity index is 1230. The van der Waals surface area contributed by atoms with Crippen LogP contribution in [0.1, 0.15) is 11.3 Å². The van der Waals surface area contributed by atoms with Crippen molar-refractivity contribution in [1.82, 2.24) is 9.73 Å². The summed E-state index contributed by atoms with van der Waals surface area (Å²) in [6.45, 7) is -0.712. The fraction of sp³-hybridized carbons (Fsp3) is 0.100. The predicted molar refractivity (Wildman–Crippen MR) is 117 cm³/mol. The van der Waals surface area contributed by atoms with E-state index in [0.717, 1.165) is 10.5 Å². The number of carbonyl (C=O) groups is 1. The van der Waals surface area contributed by atoms with Crippen LogP contribution in [0.3, 0.4) is 0 Å². The third-order valence-electron chi connectivity index (χ3n) is 4.20. The summed E-state index contributed by atoms with van der Waals surface area (Å²) >= 11 is 5.98. The maximum Gasteiger partial charge on any atom is 0.270 e. The minimum atomic E-state index is -4.01. The Morgan fingerprint density at radius 2 is 1.94 bits per heavy atom. The summed E-state index contributed by atoms with van der Waals surface area (Å²) in [6, 6.07) is 14.6. The third-order valence-corrected chi connectivity index (χ3v) is 6.35. The van der Waals surface area contributed by atoms with Crippen molar-refractivity contribution in [2.75, 3.05) is 6.54 Å². The third kappa shape index (κ3) is 5.78. The summed E-state index contributed by atoms with van der Waals surface area (Å²) in [4.78, 5) is 22.7. The van der Waals surface area contributed by atoms with Gasteiger partial charge in [-0.25, -0.2) is 13.8 Å². The van der Waals surface area contributed by atoms with Crippen molar-refractivity contribution in [1.29, 1.82) is 0 Å². The molecule has 0 fully saturated rings. The zero-order chi connectivity index (χ0) is 23.1. The van der Waals surface area contributed by atoms with Crippen LogP contribution in [-0.4, -0.2) is 36.3 Å². The largest absolute Gasteiger partial charge is 0.468 e. The molecular weight excluding hydrogens is 460 g/mol. The molecule has 2 aromatic carbocycles. The molecule has 1 aromatic heterocycles. The molecule has 0 aliphatic carbocycles. The van der Waals surface area contributed by atoms with E-state index in [-0.39, 0.29) is 27.7 Å². The number of nitro groups is 1. The van der Waals surface area contributed by atoms with Gasteiger partial charge in [0.05, 0.1) is 35.4 Å². The first kappa shape index (κ1) is 23.1. The maximum atomic E-state index is 13.0. The second-order valence-corrected chi connectivity index (χ2v) is 8.77. The predicted octanol–water partition coefficient (Wildman–Crippen LogP) is 3.18. The van der Waals surface area contributed by atoms with E-state index >= 15 is 0 Å². The zero-order valence-corrected chi connectivity index (χ0v) is 18.0. The number of nitrogens with zero attached hydrogens (tertiary/aromatic N) is 3. The SMILES string of the molecule is O=C(CN(Cc1ccco1)S(=O)(=O)c1ccccc1)N/N=C\c1cc([N+](=O)[O-])ccc1Cl. The van der Waals surface area contributed by atoms with Gasteiger partial charge in [0.2, 0.25) is 10.0 Å². The summed E-state index contributed by atoms with van der Waals surface area (Å²) in [6.07, 6.45) is 2.53. The van der Waals surface area contributed by atoms with Gasteiger partial charge in [-0.1, -0.05) is 29.8 Å². The van der Waals surface area contributed by atoms with Crippen LogP contribution in [-0.2, 0) is 21.4 Å². The van der Waals surface area contributed by atoms with E-state index in [2.05, 4.69) is 10.5 Å². The monoisotopic (exact) mass is 476 g/mol. The lowest BCUT2D eigenvalue weighted by Crippen LogP contribution is -2.39. The molecular formula is C20H17ClN4O6S. The number of hydrogen-bond donors (Lipinski definition) is 1. The zero-order valence-electron chi connectivity index (χ0n) is 16.4. The number of hydrogen-bond acceptors (Lipinski definition) is 7. The van der Waals surface area contributed by atoms with Crippen molar-refractivity contribution in [3.05, 3.63) is 93.4 Å². The summed E-state index contributed by atoms with van der Waals surface area (Å²) in [5.41, 5.74) is 2.23. The van der Waals surface area contributed by atoms with Gasteiger partial charge in [-0.2, -0.15) is 9.41 Å². The highest BCUT2D eigenvalue weighted by molar-refractivity contribution is 7.89. The molecule has 10 nitrogen and oxygen atoms in total. The molecule has 0 aliphatic rings. The Kier molecular flexibility index (Phi) is 7.36. The normalized spacial score (nSPS) is 11.7. The van der Waals surface area contributed by atoms with Crippen LogP contribution >= 0.6 is 11.6 Å². The van der Waals surface area contributed by atoms with Gasteiger partial charge in [0, 0.05) is 22.7 Å². The van der Waals surface area contributed by atoms with Gasteiger partial charge >= 0.3 is 0 Å². The molecule has 32 heavy (non-hydrogen) atoms. The Balaban J connectivity index is 1.75. The number of nitrogens with one attached hydrogen (secondary N) is 1. The summed E-state index contributed by atoms with van der Waals surface area (Å²) in [5.74, 6) is -0.377. The Morgan fingerprint density at radius 1 is 1.19 bits per heavy atom. The van der Waals surface area contributed by atoms with Gasteiger partial charge < -0.3 is 4.42 Å². The number of benzene rings is 2. The molecule has 0 aliphatic heterocycles. The first-order valence-corrected chi connectivity index (χ1v) is 10.9. The first-order chi connectivity index (χ1) is 15.3. The fourth-order valence-electron chi connectivity index (χ4n) is 2.66. The number of non-ortho nitro benzene ring substituents is 1. The molecule has 0 atom stereocenters. The van der Waals surface area contributed by atoms with E-state index in [0.29, 0.717) is 5.76 Å². The number of amides is 1. The van der Waals surface area contributed by atoms with Crippen molar-refractivity contribution < 1.29 is 22.6 Å². The highest BCUT2D eigenvalue weighted by Crippen LogP contribution is 2.21. The molecule has 1 heterocycles. The van der Waals surface area contributed by atoms with Crippen LogP contribution in [0, 0.1) is 10.1 Å². The standard InChI is InChI=1S/C20H17ClN4O6S/c21-19-9-8-16(25(27)28)11-15(19)12-22-23-20(26)14-24(13-17-5-4-10-31-17)32(29,30)18-6-2-1-3-7-18/h1-12H,13-14H2,(H,23,26)/b22-12-. The summed E-state index contributed by atoms with van der Waals surface area (Å²) < 4.78 is 32.2. The van der Waals surface area contributed by atoms with Crippen molar-refractivity contribution in [3.63, 3.8) is 0 Å². The minimum Gasteiger partial charge on any atom is -0.468 e. The highest BCUT2D eigenvalue weighted by atomic mass is 35.5. The number of sulfonamides is 1. The molecule has 12 heteroatoms. The van der Waals surface area contributed by atoms with E-state index < -0.39 is 27.4 Å². The van der Waals surface area contributed by atoms with E-state index in [9.17, 15) is 23.3 Å². The number of hydrazone groups is 1. The van der Waals surface area contributed by atoms with Gasteiger partial charge in [0.15, 0.2) is 0 Å². The summed E-state index contributed by atoms with van der Waals surface area (Å²) in [5, 5.41) is 14.8. The van der Waals surface area contributed by atoms with Gasteiger partial charge in [-0.3, -0.25) is 14.9 Å². The van der Waals surface area contributed by atoms with Crippen LogP contribution < -0.4 is 5.43 Å². The molecule has 0 unspecified atom stereocenters. The molecule has 0 bridgehead atoms. The van der Waals surface area contributed by atoms with E-state index in [1.54, 1.807) is 30.3 Å². The maximum absolute atomic E-state index is 13.0. The van der Waals surface area contributed by atoms with Crippen LogP contribution in [0.25, 0.3) is 0 Å². The van der Waals surface area contributed by atoms with Crippen LogP contribution in [0.15, 0.2) is 81.3 Å². The molecule has 0 saturated heterocycles. The number of nitro benzene ring substituents is 1. The first-order valence-electron chi connectivity index (χ1n) is 9.11. The topological polar surface area (TPSA) is 135 Å². The van der Waals surface area contributed by atoms with E-state index in [4.69, 9.17) is 16.0 Å². The molecule has 3 aromatic rings. The van der Waals surface area contributed by atoms with Gasteiger partial charge in [-0.15, -0.1) is 0 Å². The highest BCUT2D eigenvalue weighted by Gasteiger charge is 2.27. The molecule has 3 rings (SSSR count). The average molecular weight is 477 g/mol. The lowest BCUT2D eigenvalue weighted by atomic mass is 10.2. The van der Waals surface area contributed by atoms with Crippen molar-refractivity contribution >= 4 is 39.4 Å². The Hall–Kier alpha value is -3.54. The Morgan fingerprint density at radius 3 is 2.59 bits per heavy atom. The fourth-order valence-corrected chi connectivity index (χ4v) is 4.21. The van der Waals surface area contributed by atoms with Crippen molar-refractivity contribution in [3.8, 4) is 0 Å². The van der Waals surface area contributed by atoms with Crippen molar-refractivity contribution in [2.24, 2.45) is 5.10 Å². The van der Waals surface area contributed by atoms with Gasteiger partial charge in [-0.05, 0) is 30.3 Å². The number of furan rings is 1. The molecule has 1 amide bonds. The number of rotatable bonds is 9. The van der Waals surface area contributed by atoms with Gasteiger partial charge in [0.25, 0.3) is 11.6 Å². The van der Waals surface area contributed by atoms with E-state index in [1.807, 2.05) is 0 Å².